The molecule has 1 unspecified atom stereocenters. The number of hydrogen-bond donors (Lipinski definition) is 1. The van der Waals surface area contributed by atoms with Crippen LogP contribution < -0.4 is 10.2 Å². The smallest absolute Gasteiger partial charge is 0.306 e. The highest BCUT2D eigenvalue weighted by Gasteiger charge is 2.52. The summed E-state index contributed by atoms with van der Waals surface area (Å²) in [5, 5.41) is 5.03. The molecule has 2 amide bonds. The molecule has 10 nitrogen and oxygen atoms in total. The Morgan fingerprint density at radius 3 is 2.70 bits per heavy atom. The molecule has 1 saturated carbocycles. The van der Waals surface area contributed by atoms with E-state index in [0.717, 1.165) is 62.3 Å². The standard InChI is InChI=1S/C35H35FN6O4S/c1-2-46-29(43)12-21-15-35(16-21)18-41(19-35)24-7-5-22(6-8-24)23-13-25-26(27(36)14-23)17-42(33(25)45)31(32(44)39-34-37-9-11-47-34)30-28-4-3-10-40(28)20-38-30/h5-9,11,13-14,20-21,31H,2-4,10,12,15-19H2,1H3,(H,37,39,44). The second-order valence-electron chi connectivity index (χ2n) is 13.2. The fraction of sp³-hybridized carbons (Fsp3) is 0.400. The van der Waals surface area contributed by atoms with Gasteiger partial charge in [-0.05, 0) is 73.9 Å². The first-order chi connectivity index (χ1) is 22.8. The van der Waals surface area contributed by atoms with Crippen molar-refractivity contribution in [3.05, 3.63) is 82.6 Å². The van der Waals surface area contributed by atoms with Gasteiger partial charge in [-0.2, -0.15) is 0 Å². The van der Waals surface area contributed by atoms with Crippen LogP contribution in [0.3, 0.4) is 0 Å². The number of carbonyl (C=O) groups excluding carboxylic acids is 3. The molecule has 2 fully saturated rings. The minimum absolute atomic E-state index is 0.0289. The Morgan fingerprint density at radius 1 is 1.15 bits per heavy atom. The van der Waals surface area contributed by atoms with E-state index in [2.05, 4.69) is 20.2 Å². The van der Waals surface area contributed by atoms with Crippen molar-refractivity contribution in [1.82, 2.24) is 19.4 Å². The number of aromatic nitrogens is 3. The van der Waals surface area contributed by atoms with E-state index in [0.29, 0.717) is 35.3 Å². The number of hydrogen-bond acceptors (Lipinski definition) is 8. The van der Waals surface area contributed by atoms with E-state index in [1.54, 1.807) is 24.0 Å². The fourth-order valence-corrected chi connectivity index (χ4v) is 8.53. The Labute approximate surface area is 275 Å². The van der Waals surface area contributed by atoms with Crippen LogP contribution in [0, 0.1) is 17.2 Å². The van der Waals surface area contributed by atoms with Crippen LogP contribution in [0.15, 0.2) is 54.3 Å². The Balaban J connectivity index is 0.986. The molecule has 4 aliphatic rings. The number of ether oxygens (including phenoxy) is 1. The molecule has 1 saturated heterocycles. The molecule has 2 aromatic carbocycles. The molecule has 12 heteroatoms. The highest BCUT2D eigenvalue weighted by molar-refractivity contribution is 7.13. The first-order valence-electron chi connectivity index (χ1n) is 16.2. The molecule has 0 bridgehead atoms. The van der Waals surface area contributed by atoms with Gasteiger partial charge in [-0.15, -0.1) is 11.3 Å². The topological polar surface area (TPSA) is 110 Å². The Kier molecular flexibility index (Phi) is 7.35. The van der Waals surface area contributed by atoms with Gasteiger partial charge in [0.05, 0.1) is 25.2 Å². The van der Waals surface area contributed by atoms with E-state index in [4.69, 9.17) is 4.74 Å². The molecule has 3 aliphatic heterocycles. The monoisotopic (exact) mass is 654 g/mol. The molecule has 0 radical (unpaired) electrons. The number of anilines is 2. The maximum atomic E-state index is 15.7. The summed E-state index contributed by atoms with van der Waals surface area (Å²) in [6.07, 6.45) is 7.62. The van der Waals surface area contributed by atoms with Crippen molar-refractivity contribution >= 4 is 39.9 Å². The number of nitrogens with zero attached hydrogens (tertiary/aromatic N) is 5. The Morgan fingerprint density at radius 2 is 1.96 bits per heavy atom. The number of rotatable bonds is 9. The number of nitrogens with one attached hydrogen (secondary N) is 1. The number of carbonyl (C=O) groups is 3. The van der Waals surface area contributed by atoms with Gasteiger partial charge in [-0.3, -0.25) is 19.7 Å². The number of halogens is 1. The minimum Gasteiger partial charge on any atom is -0.466 e. The van der Waals surface area contributed by atoms with Gasteiger partial charge < -0.3 is 19.1 Å². The van der Waals surface area contributed by atoms with Gasteiger partial charge in [0.1, 0.15) is 5.82 Å². The molecular formula is C35H35FN6O4S. The maximum absolute atomic E-state index is 15.7. The zero-order valence-corrected chi connectivity index (χ0v) is 26.9. The van der Waals surface area contributed by atoms with Crippen molar-refractivity contribution in [3.8, 4) is 11.1 Å². The van der Waals surface area contributed by atoms with E-state index in [9.17, 15) is 14.4 Å². The van der Waals surface area contributed by atoms with Gasteiger partial charge in [-0.1, -0.05) is 12.1 Å². The van der Waals surface area contributed by atoms with Crippen molar-refractivity contribution in [1.29, 1.82) is 0 Å². The number of esters is 1. The van der Waals surface area contributed by atoms with Gasteiger partial charge in [0.15, 0.2) is 11.2 Å². The lowest BCUT2D eigenvalue weighted by Crippen LogP contribution is -2.62. The summed E-state index contributed by atoms with van der Waals surface area (Å²) in [7, 11) is 0. The zero-order chi connectivity index (χ0) is 32.3. The van der Waals surface area contributed by atoms with E-state index in [-0.39, 0.29) is 29.1 Å². The van der Waals surface area contributed by atoms with Crippen LogP contribution in [0.1, 0.15) is 66.0 Å². The van der Waals surface area contributed by atoms with Crippen molar-refractivity contribution in [2.24, 2.45) is 11.3 Å². The van der Waals surface area contributed by atoms with Crippen LogP contribution >= 0.6 is 11.3 Å². The summed E-state index contributed by atoms with van der Waals surface area (Å²) in [5.74, 6) is -0.984. The van der Waals surface area contributed by atoms with Crippen molar-refractivity contribution in [2.45, 2.75) is 58.2 Å². The summed E-state index contributed by atoms with van der Waals surface area (Å²) < 4.78 is 22.8. The van der Waals surface area contributed by atoms with Crippen LogP contribution in [0.25, 0.3) is 11.1 Å². The predicted molar refractivity (Wildman–Crippen MR) is 174 cm³/mol. The molecule has 2 aromatic heterocycles. The predicted octanol–water partition coefficient (Wildman–Crippen LogP) is 5.60. The van der Waals surface area contributed by atoms with E-state index in [1.165, 1.54) is 22.3 Å². The molecule has 1 spiro atoms. The average molecular weight is 655 g/mol. The van der Waals surface area contributed by atoms with Crippen LogP contribution in [-0.4, -0.2) is 56.9 Å². The van der Waals surface area contributed by atoms with Gasteiger partial charge in [0.25, 0.3) is 11.8 Å². The number of fused-ring (bicyclic) bond motifs is 2. The molecule has 1 N–H and O–H groups in total. The number of imidazole rings is 1. The molecule has 47 heavy (non-hydrogen) atoms. The van der Waals surface area contributed by atoms with Gasteiger partial charge in [0, 0.05) is 65.6 Å². The average Bonchev–Trinajstić information content (AvgIpc) is 3.82. The second-order valence-corrected chi connectivity index (χ2v) is 14.1. The molecule has 1 aliphatic carbocycles. The summed E-state index contributed by atoms with van der Waals surface area (Å²) >= 11 is 1.29. The molecule has 242 valence electrons. The van der Waals surface area contributed by atoms with Crippen molar-refractivity contribution in [2.75, 3.05) is 29.9 Å². The fourth-order valence-electron chi connectivity index (χ4n) is 8.00. The third-order valence-corrected chi connectivity index (χ3v) is 10.8. The summed E-state index contributed by atoms with van der Waals surface area (Å²) in [4.78, 5) is 52.0. The molecule has 4 aromatic rings. The number of aryl methyl sites for hydroxylation is 1. The van der Waals surface area contributed by atoms with E-state index in [1.807, 2.05) is 35.8 Å². The van der Waals surface area contributed by atoms with Crippen LogP contribution in [0.5, 0.6) is 0 Å². The molecule has 1 atom stereocenters. The number of benzene rings is 2. The molecule has 8 rings (SSSR count). The van der Waals surface area contributed by atoms with Crippen LogP contribution in [-0.2, 0) is 33.8 Å². The lowest BCUT2D eigenvalue weighted by Gasteiger charge is -2.60. The zero-order valence-electron chi connectivity index (χ0n) is 26.1. The third-order valence-electron chi connectivity index (χ3n) is 10.1. The summed E-state index contributed by atoms with van der Waals surface area (Å²) in [6, 6.07) is 10.2. The first kappa shape index (κ1) is 29.8. The van der Waals surface area contributed by atoms with Crippen LogP contribution in [0.4, 0.5) is 15.2 Å². The second kappa shape index (κ2) is 11.6. The van der Waals surface area contributed by atoms with Gasteiger partial charge in [0.2, 0.25) is 0 Å². The van der Waals surface area contributed by atoms with Gasteiger partial charge >= 0.3 is 5.97 Å². The molecular weight excluding hydrogens is 619 g/mol. The van der Waals surface area contributed by atoms with Crippen LogP contribution in [0.2, 0.25) is 0 Å². The number of thiazole rings is 1. The summed E-state index contributed by atoms with van der Waals surface area (Å²) in [6.45, 7) is 4.96. The van der Waals surface area contributed by atoms with E-state index < -0.39 is 23.7 Å². The third kappa shape index (κ3) is 5.28. The quantitative estimate of drug-likeness (QED) is 0.234. The minimum atomic E-state index is -1.02. The highest BCUT2D eigenvalue weighted by Crippen LogP contribution is 2.54. The molecule has 5 heterocycles. The number of amides is 2. The summed E-state index contributed by atoms with van der Waals surface area (Å²) in [5.41, 5.74) is 4.80. The van der Waals surface area contributed by atoms with Crippen molar-refractivity contribution in [3.63, 3.8) is 0 Å². The largest absolute Gasteiger partial charge is 0.466 e. The lowest BCUT2D eigenvalue weighted by molar-refractivity contribution is -0.146. The maximum Gasteiger partial charge on any atom is 0.306 e. The highest BCUT2D eigenvalue weighted by atomic mass is 32.1. The Hall–Kier alpha value is -4.58. The normalized spacial score (nSPS) is 18.5. The SMILES string of the molecule is CCOC(=O)CC1CC2(C1)CN(c1ccc(-c3cc(F)c4c(c3)C(=O)N(C(C(=O)Nc3nccs3)c3ncn5c3CCC5)C4)cc1)C2. The Bertz CT molecular complexity index is 1860. The van der Waals surface area contributed by atoms with E-state index >= 15 is 4.39 Å². The lowest BCUT2D eigenvalue weighted by atomic mass is 9.57. The van der Waals surface area contributed by atoms with Crippen molar-refractivity contribution < 1.29 is 23.5 Å². The first-order valence-corrected chi connectivity index (χ1v) is 17.1. The van der Waals surface area contributed by atoms with Gasteiger partial charge in [-0.25, -0.2) is 14.4 Å².